The number of benzene rings is 1. The molecule has 0 saturated heterocycles. The molecule has 0 aliphatic rings. The van der Waals surface area contributed by atoms with Crippen LogP contribution in [-0.4, -0.2) is 13.1 Å². The van der Waals surface area contributed by atoms with Gasteiger partial charge in [0.15, 0.2) is 0 Å². The lowest BCUT2D eigenvalue weighted by atomic mass is 9.99. The Labute approximate surface area is 116 Å². The first-order valence-electron chi connectivity index (χ1n) is 5.58. The molecule has 21 heavy (non-hydrogen) atoms. The summed E-state index contributed by atoms with van der Waals surface area (Å²) < 4.78 is 80.9. The minimum absolute atomic E-state index is 0.431. The summed E-state index contributed by atoms with van der Waals surface area (Å²) >= 11 is 0. The molecule has 0 radical (unpaired) electrons. The van der Waals surface area contributed by atoms with Crippen LogP contribution in [0.4, 0.5) is 26.3 Å². The highest BCUT2D eigenvalue weighted by molar-refractivity contribution is 5.73. The van der Waals surface area contributed by atoms with Crippen LogP contribution in [0.15, 0.2) is 24.3 Å². The third kappa shape index (κ3) is 4.51. The molecule has 0 fully saturated rings. The Morgan fingerprint density at radius 2 is 1.57 bits per heavy atom. The highest BCUT2D eigenvalue weighted by Gasteiger charge is 2.39. The molecule has 0 atom stereocenters. The predicted molar refractivity (Wildman–Crippen MR) is 62.1 cm³/mol. The topological polar surface area (TPSA) is 26.3 Å². The van der Waals surface area contributed by atoms with Gasteiger partial charge in [0.05, 0.1) is 24.7 Å². The van der Waals surface area contributed by atoms with Gasteiger partial charge in [0.25, 0.3) is 0 Å². The molecule has 0 unspecified atom stereocenters. The first kappa shape index (κ1) is 17.1. The fourth-order valence-electron chi connectivity index (χ4n) is 1.60. The Morgan fingerprint density at radius 1 is 1.10 bits per heavy atom. The first-order valence-corrected chi connectivity index (χ1v) is 5.58. The Morgan fingerprint density at radius 3 is 1.95 bits per heavy atom. The fourth-order valence-corrected chi connectivity index (χ4v) is 1.60. The number of hydrogen-bond donors (Lipinski definition) is 0. The van der Waals surface area contributed by atoms with Gasteiger partial charge in [-0.15, -0.1) is 0 Å². The Bertz CT molecular complexity index is 510. The van der Waals surface area contributed by atoms with Crippen LogP contribution in [0.5, 0.6) is 0 Å². The van der Waals surface area contributed by atoms with E-state index in [0.29, 0.717) is 24.3 Å². The SMILES string of the molecule is COC(=O)CC=Cc1c(C(F)(F)F)cccc1C(F)(F)F. The second-order valence-electron chi connectivity index (χ2n) is 3.94. The van der Waals surface area contributed by atoms with Gasteiger partial charge in [-0.2, -0.15) is 26.3 Å². The maximum absolute atomic E-state index is 12.8. The van der Waals surface area contributed by atoms with Crippen LogP contribution < -0.4 is 0 Å². The molecular weight excluding hydrogens is 302 g/mol. The van der Waals surface area contributed by atoms with Crippen molar-refractivity contribution in [3.05, 3.63) is 41.0 Å². The van der Waals surface area contributed by atoms with Crippen molar-refractivity contribution in [2.45, 2.75) is 18.8 Å². The Balaban J connectivity index is 3.33. The summed E-state index contributed by atoms with van der Waals surface area (Å²) in [5, 5.41) is 0. The van der Waals surface area contributed by atoms with E-state index in [1.54, 1.807) is 0 Å². The summed E-state index contributed by atoms with van der Waals surface area (Å²) in [6.07, 6.45) is -8.79. The third-order valence-corrected chi connectivity index (χ3v) is 2.51. The van der Waals surface area contributed by atoms with Crippen molar-refractivity contribution >= 4 is 12.0 Å². The van der Waals surface area contributed by atoms with Gasteiger partial charge >= 0.3 is 18.3 Å². The second kappa shape index (κ2) is 6.19. The van der Waals surface area contributed by atoms with E-state index in [1.807, 2.05) is 0 Å². The van der Waals surface area contributed by atoms with Crippen LogP contribution in [0.3, 0.4) is 0 Å². The van der Waals surface area contributed by atoms with Crippen LogP contribution in [0.25, 0.3) is 6.08 Å². The molecule has 0 bridgehead atoms. The maximum Gasteiger partial charge on any atom is 0.417 e. The molecule has 116 valence electrons. The number of hydrogen-bond acceptors (Lipinski definition) is 2. The lowest BCUT2D eigenvalue weighted by Crippen LogP contribution is -2.14. The highest BCUT2D eigenvalue weighted by atomic mass is 19.4. The van der Waals surface area contributed by atoms with Gasteiger partial charge in [-0.05, 0) is 17.7 Å². The van der Waals surface area contributed by atoms with Crippen molar-refractivity contribution in [1.82, 2.24) is 0 Å². The lowest BCUT2D eigenvalue weighted by molar-refractivity contribution is -0.143. The van der Waals surface area contributed by atoms with E-state index in [1.165, 1.54) is 0 Å². The minimum Gasteiger partial charge on any atom is -0.469 e. The summed E-state index contributed by atoms with van der Waals surface area (Å²) in [5.41, 5.74) is -3.86. The minimum atomic E-state index is -4.94. The third-order valence-electron chi connectivity index (χ3n) is 2.51. The molecule has 0 aliphatic carbocycles. The van der Waals surface area contributed by atoms with Crippen molar-refractivity contribution in [2.24, 2.45) is 0 Å². The van der Waals surface area contributed by atoms with Gasteiger partial charge < -0.3 is 4.74 Å². The molecule has 1 rings (SSSR count). The van der Waals surface area contributed by atoms with Crippen molar-refractivity contribution in [3.8, 4) is 0 Å². The van der Waals surface area contributed by atoms with Gasteiger partial charge in [0, 0.05) is 0 Å². The maximum atomic E-state index is 12.8. The molecule has 0 aliphatic heterocycles. The van der Waals surface area contributed by atoms with Crippen molar-refractivity contribution in [2.75, 3.05) is 7.11 Å². The molecule has 0 spiro atoms. The van der Waals surface area contributed by atoms with Crippen molar-refractivity contribution in [3.63, 3.8) is 0 Å². The van der Waals surface area contributed by atoms with E-state index in [9.17, 15) is 31.1 Å². The van der Waals surface area contributed by atoms with Gasteiger partial charge in [-0.1, -0.05) is 18.2 Å². The highest BCUT2D eigenvalue weighted by Crippen LogP contribution is 2.39. The molecule has 0 heterocycles. The van der Waals surface area contributed by atoms with E-state index in [-0.39, 0.29) is 0 Å². The van der Waals surface area contributed by atoms with Crippen LogP contribution >= 0.6 is 0 Å². The zero-order chi connectivity index (χ0) is 16.3. The fraction of sp³-hybridized carbons (Fsp3) is 0.308. The zero-order valence-corrected chi connectivity index (χ0v) is 10.7. The van der Waals surface area contributed by atoms with Gasteiger partial charge in [0.2, 0.25) is 0 Å². The average molecular weight is 312 g/mol. The number of ether oxygens (including phenoxy) is 1. The smallest absolute Gasteiger partial charge is 0.417 e. The standard InChI is InChI=1S/C13H10F6O2/c1-21-11(20)7-2-4-8-9(12(14,15)16)5-3-6-10(8)13(17,18)19/h2-6H,7H2,1H3. The molecule has 0 aromatic heterocycles. The van der Waals surface area contributed by atoms with Gasteiger partial charge in [-0.3, -0.25) is 4.79 Å². The number of esters is 1. The van der Waals surface area contributed by atoms with E-state index < -0.39 is 41.4 Å². The second-order valence-corrected chi connectivity index (χ2v) is 3.94. The van der Waals surface area contributed by atoms with Crippen LogP contribution in [-0.2, 0) is 21.9 Å². The number of alkyl halides is 6. The summed E-state index contributed by atoms with van der Waals surface area (Å²) in [6.45, 7) is 0. The number of rotatable bonds is 3. The normalized spacial score (nSPS) is 12.7. The molecule has 8 heteroatoms. The molecular formula is C13H10F6O2. The monoisotopic (exact) mass is 312 g/mol. The summed E-state index contributed by atoms with van der Waals surface area (Å²) in [6, 6.07) is 1.78. The summed E-state index contributed by atoms with van der Waals surface area (Å²) in [5.74, 6) is -0.774. The quantitative estimate of drug-likeness (QED) is 0.614. The Hall–Kier alpha value is -1.99. The van der Waals surface area contributed by atoms with E-state index in [4.69, 9.17) is 0 Å². The molecule has 2 nitrogen and oxygen atoms in total. The average Bonchev–Trinajstić information content (AvgIpc) is 2.36. The van der Waals surface area contributed by atoms with E-state index >= 15 is 0 Å². The van der Waals surface area contributed by atoms with E-state index in [0.717, 1.165) is 13.2 Å². The predicted octanol–water partition coefficient (Wildman–Crippen LogP) is 4.30. The number of carbonyl (C=O) groups excluding carboxylic acids is 1. The molecule has 1 aromatic rings. The van der Waals surface area contributed by atoms with Gasteiger partial charge in [-0.25, -0.2) is 0 Å². The zero-order valence-electron chi connectivity index (χ0n) is 10.7. The summed E-state index contributed by atoms with van der Waals surface area (Å²) in [4.78, 5) is 10.8. The molecule has 0 amide bonds. The number of carbonyl (C=O) groups is 1. The largest absolute Gasteiger partial charge is 0.469 e. The molecule has 0 N–H and O–H groups in total. The van der Waals surface area contributed by atoms with Crippen LogP contribution in [0.2, 0.25) is 0 Å². The Kier molecular flexibility index (Phi) is 5.03. The molecule has 0 saturated carbocycles. The van der Waals surface area contributed by atoms with Gasteiger partial charge in [0.1, 0.15) is 0 Å². The lowest BCUT2D eigenvalue weighted by Gasteiger charge is -2.16. The van der Waals surface area contributed by atoms with Crippen molar-refractivity contribution < 1.29 is 35.9 Å². The number of halogens is 6. The van der Waals surface area contributed by atoms with E-state index in [2.05, 4.69) is 4.74 Å². The van der Waals surface area contributed by atoms with Crippen molar-refractivity contribution in [1.29, 1.82) is 0 Å². The first-order chi connectivity index (χ1) is 9.57. The number of methoxy groups -OCH3 is 1. The van der Waals surface area contributed by atoms with Crippen LogP contribution in [0, 0.1) is 0 Å². The van der Waals surface area contributed by atoms with Crippen LogP contribution in [0.1, 0.15) is 23.1 Å². The molecule has 1 aromatic carbocycles. The summed E-state index contributed by atoms with van der Waals surface area (Å²) in [7, 11) is 1.06.